The van der Waals surface area contributed by atoms with Crippen LogP contribution in [-0.4, -0.2) is 25.8 Å². The molecule has 72 valence electrons. The summed E-state index contributed by atoms with van der Waals surface area (Å²) in [4.78, 5) is 0. The molecule has 0 aromatic carbocycles. The van der Waals surface area contributed by atoms with Crippen LogP contribution in [0.25, 0.3) is 0 Å². The number of ether oxygens (including phenoxy) is 1. The van der Waals surface area contributed by atoms with Crippen molar-refractivity contribution < 1.29 is 4.74 Å². The summed E-state index contributed by atoms with van der Waals surface area (Å²) < 4.78 is 5.51. The Bertz CT molecular complexity index is 192. The number of nitriles is 1. The highest BCUT2D eigenvalue weighted by atomic mass is 16.5. The maximum atomic E-state index is 8.91. The molecule has 0 amide bonds. The van der Waals surface area contributed by atoms with Gasteiger partial charge in [0.25, 0.3) is 0 Å². The Hall–Kier alpha value is -0.850. The molecule has 0 aromatic heterocycles. The van der Waals surface area contributed by atoms with Crippen molar-refractivity contribution in [2.75, 3.05) is 19.7 Å². The average Bonchev–Trinajstić information content (AvgIpc) is 2.21. The minimum Gasteiger partial charge on any atom is -0.374 e. The van der Waals surface area contributed by atoms with E-state index in [-0.39, 0.29) is 12.0 Å². The minimum absolute atomic E-state index is 0.00537. The quantitative estimate of drug-likeness (QED) is 0.658. The van der Waals surface area contributed by atoms with Gasteiger partial charge in [-0.25, -0.2) is 0 Å². The number of rotatable bonds is 4. The van der Waals surface area contributed by atoms with Crippen molar-refractivity contribution in [3.63, 3.8) is 0 Å². The molecule has 13 heavy (non-hydrogen) atoms. The third-order valence-corrected chi connectivity index (χ3v) is 2.25. The van der Waals surface area contributed by atoms with Crippen LogP contribution in [-0.2, 0) is 4.74 Å². The lowest BCUT2D eigenvalue weighted by atomic mass is 9.97. The molecular formula is C10H16N2O. The fourth-order valence-electron chi connectivity index (χ4n) is 1.48. The van der Waals surface area contributed by atoms with E-state index in [9.17, 15) is 0 Å². The molecule has 1 aliphatic rings. The van der Waals surface area contributed by atoms with E-state index in [1.54, 1.807) is 0 Å². The zero-order valence-electron chi connectivity index (χ0n) is 7.83. The lowest BCUT2D eigenvalue weighted by Gasteiger charge is -2.26. The molecular weight excluding hydrogens is 164 g/mol. The first kappa shape index (κ1) is 10.2. The summed E-state index contributed by atoms with van der Waals surface area (Å²) in [7, 11) is 0. The lowest BCUT2D eigenvalue weighted by Crippen LogP contribution is -2.42. The van der Waals surface area contributed by atoms with E-state index in [1.807, 2.05) is 6.08 Å². The standard InChI is InChI=1S/C10H16N2O/c1-2-3-4-9(7-11)10-8-12-5-6-13-10/h2,9-10,12H,1,3-6,8H2. The zero-order valence-corrected chi connectivity index (χ0v) is 7.83. The summed E-state index contributed by atoms with van der Waals surface area (Å²) in [6, 6.07) is 2.29. The molecule has 1 aliphatic heterocycles. The molecule has 1 saturated heterocycles. The Balaban J connectivity index is 2.35. The topological polar surface area (TPSA) is 45.0 Å². The van der Waals surface area contributed by atoms with E-state index in [0.29, 0.717) is 0 Å². The zero-order chi connectivity index (χ0) is 9.52. The SMILES string of the molecule is C=CCCC(C#N)C1CNCCO1. The smallest absolute Gasteiger partial charge is 0.0858 e. The first-order chi connectivity index (χ1) is 6.38. The molecule has 0 spiro atoms. The summed E-state index contributed by atoms with van der Waals surface area (Å²) in [6.45, 7) is 6.07. The molecule has 0 radical (unpaired) electrons. The molecule has 0 aromatic rings. The number of allylic oxidation sites excluding steroid dienone is 1. The minimum atomic E-state index is 0.00537. The Morgan fingerprint density at radius 3 is 3.15 bits per heavy atom. The third kappa shape index (κ3) is 3.17. The summed E-state index contributed by atoms with van der Waals surface area (Å²) >= 11 is 0. The van der Waals surface area contributed by atoms with Crippen molar-refractivity contribution in [1.82, 2.24) is 5.32 Å². The molecule has 0 bridgehead atoms. The van der Waals surface area contributed by atoms with Crippen molar-refractivity contribution in [3.05, 3.63) is 12.7 Å². The Morgan fingerprint density at radius 2 is 2.62 bits per heavy atom. The monoisotopic (exact) mass is 180 g/mol. The van der Waals surface area contributed by atoms with Crippen molar-refractivity contribution in [2.24, 2.45) is 5.92 Å². The maximum Gasteiger partial charge on any atom is 0.0858 e. The summed E-state index contributed by atoms with van der Waals surface area (Å²) in [5, 5.41) is 12.1. The summed E-state index contributed by atoms with van der Waals surface area (Å²) in [5.74, 6) is 0.00537. The van der Waals surface area contributed by atoms with Gasteiger partial charge in [-0.2, -0.15) is 5.26 Å². The molecule has 3 nitrogen and oxygen atoms in total. The van der Waals surface area contributed by atoms with Gasteiger partial charge in [0.2, 0.25) is 0 Å². The van der Waals surface area contributed by atoms with Crippen LogP contribution >= 0.6 is 0 Å². The molecule has 1 fully saturated rings. The van der Waals surface area contributed by atoms with Crippen LogP contribution in [0, 0.1) is 17.2 Å². The predicted octanol–water partition coefficient (Wildman–Crippen LogP) is 1.08. The van der Waals surface area contributed by atoms with Crippen molar-refractivity contribution >= 4 is 0 Å². The summed E-state index contributed by atoms with van der Waals surface area (Å²) in [5.41, 5.74) is 0. The number of hydrogen-bond acceptors (Lipinski definition) is 3. The fourth-order valence-corrected chi connectivity index (χ4v) is 1.48. The second kappa shape index (κ2) is 5.74. The van der Waals surface area contributed by atoms with Crippen LogP contribution in [0.1, 0.15) is 12.8 Å². The highest BCUT2D eigenvalue weighted by Gasteiger charge is 2.23. The molecule has 1 heterocycles. The van der Waals surface area contributed by atoms with Gasteiger partial charge in [-0.15, -0.1) is 6.58 Å². The van der Waals surface area contributed by atoms with Gasteiger partial charge < -0.3 is 10.1 Å². The van der Waals surface area contributed by atoms with E-state index >= 15 is 0 Å². The van der Waals surface area contributed by atoms with E-state index < -0.39 is 0 Å². The van der Waals surface area contributed by atoms with Gasteiger partial charge in [0.05, 0.1) is 24.7 Å². The Kier molecular flexibility index (Phi) is 4.52. The van der Waals surface area contributed by atoms with Gasteiger partial charge in [0.15, 0.2) is 0 Å². The second-order valence-corrected chi connectivity index (χ2v) is 3.21. The number of hydrogen-bond donors (Lipinski definition) is 1. The van der Waals surface area contributed by atoms with Gasteiger partial charge in [-0.3, -0.25) is 0 Å². The Morgan fingerprint density at radius 1 is 1.77 bits per heavy atom. The van der Waals surface area contributed by atoms with Crippen LogP contribution in [0.4, 0.5) is 0 Å². The molecule has 0 saturated carbocycles. The predicted molar refractivity (Wildman–Crippen MR) is 51.1 cm³/mol. The maximum absolute atomic E-state index is 8.91. The number of nitrogens with one attached hydrogen (secondary N) is 1. The first-order valence-corrected chi connectivity index (χ1v) is 4.71. The highest BCUT2D eigenvalue weighted by Crippen LogP contribution is 2.15. The van der Waals surface area contributed by atoms with Crippen molar-refractivity contribution in [1.29, 1.82) is 5.26 Å². The van der Waals surface area contributed by atoms with Crippen molar-refractivity contribution in [2.45, 2.75) is 18.9 Å². The summed E-state index contributed by atoms with van der Waals surface area (Å²) in [6.07, 6.45) is 3.66. The van der Waals surface area contributed by atoms with E-state index in [4.69, 9.17) is 10.00 Å². The fraction of sp³-hybridized carbons (Fsp3) is 0.700. The van der Waals surface area contributed by atoms with Gasteiger partial charge in [-0.05, 0) is 12.8 Å². The molecule has 1 rings (SSSR count). The molecule has 2 atom stereocenters. The molecule has 1 N–H and O–H groups in total. The largest absolute Gasteiger partial charge is 0.374 e. The van der Waals surface area contributed by atoms with Crippen LogP contribution in [0.2, 0.25) is 0 Å². The first-order valence-electron chi connectivity index (χ1n) is 4.71. The van der Waals surface area contributed by atoms with Crippen LogP contribution in [0.5, 0.6) is 0 Å². The van der Waals surface area contributed by atoms with Gasteiger partial charge >= 0.3 is 0 Å². The molecule has 0 aliphatic carbocycles. The van der Waals surface area contributed by atoms with E-state index in [1.165, 1.54) is 0 Å². The van der Waals surface area contributed by atoms with Gasteiger partial charge in [0.1, 0.15) is 0 Å². The van der Waals surface area contributed by atoms with E-state index in [0.717, 1.165) is 32.5 Å². The number of morpholine rings is 1. The average molecular weight is 180 g/mol. The lowest BCUT2D eigenvalue weighted by molar-refractivity contribution is 0.00337. The van der Waals surface area contributed by atoms with Crippen molar-refractivity contribution in [3.8, 4) is 6.07 Å². The Labute approximate surface area is 79.4 Å². The van der Waals surface area contributed by atoms with Gasteiger partial charge in [-0.1, -0.05) is 6.08 Å². The van der Waals surface area contributed by atoms with Crippen LogP contribution < -0.4 is 5.32 Å². The van der Waals surface area contributed by atoms with Crippen LogP contribution in [0.3, 0.4) is 0 Å². The number of nitrogens with zero attached hydrogens (tertiary/aromatic N) is 1. The van der Waals surface area contributed by atoms with Crippen LogP contribution in [0.15, 0.2) is 12.7 Å². The third-order valence-electron chi connectivity index (χ3n) is 2.25. The molecule has 2 unspecified atom stereocenters. The van der Waals surface area contributed by atoms with E-state index in [2.05, 4.69) is 18.0 Å². The highest BCUT2D eigenvalue weighted by molar-refractivity contribution is 4.92. The molecule has 3 heteroatoms. The van der Waals surface area contributed by atoms with Gasteiger partial charge in [0, 0.05) is 13.1 Å². The second-order valence-electron chi connectivity index (χ2n) is 3.21. The normalized spacial score (nSPS) is 24.7.